The van der Waals surface area contributed by atoms with Crippen molar-refractivity contribution in [1.82, 2.24) is 0 Å². The van der Waals surface area contributed by atoms with E-state index in [1.54, 1.807) is 0 Å². The van der Waals surface area contributed by atoms with Gasteiger partial charge in [-0.25, -0.2) is 22.0 Å². The Bertz CT molecular complexity index is 810. The van der Waals surface area contributed by atoms with Gasteiger partial charge in [-0.1, -0.05) is 0 Å². The monoisotopic (exact) mass is 331 g/mol. The minimum Gasteiger partial charge on any atom is -0.716 e. The predicted molar refractivity (Wildman–Crippen MR) is 63.5 cm³/mol. The van der Waals surface area contributed by atoms with E-state index in [4.69, 9.17) is 5.14 Å². The molecule has 0 saturated carbocycles. The second-order valence-corrected chi connectivity index (χ2v) is 7.16. The number of hydrogen-bond donors (Lipinski definition) is 1. The minimum atomic E-state index is -4.86. The molecule has 2 rings (SSSR count). The maximum absolute atomic E-state index is 11.1. The molecule has 0 spiro atoms. The van der Waals surface area contributed by atoms with Crippen LogP contribution in [0.3, 0.4) is 0 Å². The van der Waals surface area contributed by atoms with Gasteiger partial charge in [0.1, 0.15) is 9.96 Å². The maximum atomic E-state index is 11.1. The van der Waals surface area contributed by atoms with Crippen LogP contribution in [0.4, 0.5) is 0 Å². The van der Waals surface area contributed by atoms with Gasteiger partial charge >= 0.3 is 29.6 Å². The van der Waals surface area contributed by atoms with Gasteiger partial charge in [-0.15, -0.1) is 11.3 Å². The maximum Gasteiger partial charge on any atom is 1.00 e. The first-order chi connectivity index (χ1) is 8.15. The largest absolute Gasteiger partial charge is 1.00 e. The van der Waals surface area contributed by atoms with Crippen LogP contribution in [-0.2, 0) is 20.4 Å². The van der Waals surface area contributed by atoms with Crippen molar-refractivity contribution in [2.45, 2.75) is 4.21 Å². The van der Waals surface area contributed by atoms with Crippen LogP contribution in [0.2, 0.25) is 0 Å². The Morgan fingerprint density at radius 1 is 1.16 bits per heavy atom. The summed E-state index contributed by atoms with van der Waals surface area (Å²) in [6.45, 7) is 0. The molecule has 0 radical (unpaired) electrons. The Kier molecular flexibility index (Phi) is 5.02. The van der Waals surface area contributed by atoms with E-state index in [-0.39, 0.29) is 39.5 Å². The summed E-state index contributed by atoms with van der Waals surface area (Å²) < 4.78 is 58.0. The summed E-state index contributed by atoms with van der Waals surface area (Å²) in [5.74, 6) is -0.180. The molecule has 2 N–H and O–H groups in total. The number of nitrogens with two attached hydrogens (primary N) is 1. The summed E-state index contributed by atoms with van der Waals surface area (Å²) in [4.78, 5) is 0. The van der Waals surface area contributed by atoms with E-state index in [2.05, 4.69) is 4.18 Å². The summed E-state index contributed by atoms with van der Waals surface area (Å²) in [5.41, 5.74) is 0. The Morgan fingerprint density at radius 3 is 2.32 bits per heavy atom. The molecule has 0 atom stereocenters. The Labute approximate surface area is 135 Å². The van der Waals surface area contributed by atoms with Crippen molar-refractivity contribution in [2.24, 2.45) is 5.14 Å². The first-order valence-electron chi connectivity index (χ1n) is 4.37. The molecule has 7 nitrogen and oxygen atoms in total. The van der Waals surface area contributed by atoms with Crippen LogP contribution in [0, 0.1) is 0 Å². The van der Waals surface area contributed by atoms with Crippen LogP contribution in [0.1, 0.15) is 0 Å². The average Bonchev–Trinajstić information content (AvgIpc) is 2.57. The number of benzene rings is 1. The van der Waals surface area contributed by atoms with Crippen LogP contribution in [-0.4, -0.2) is 21.4 Å². The summed E-state index contributed by atoms with van der Waals surface area (Å²) in [6, 6.07) is 5.29. The zero-order valence-corrected chi connectivity index (χ0v) is 14.0. The molecular formula is C8H6NNaO6S3. The predicted octanol–water partition coefficient (Wildman–Crippen LogP) is -2.61. The van der Waals surface area contributed by atoms with E-state index in [1.807, 2.05) is 0 Å². The molecule has 1 aromatic carbocycles. The molecule has 1 heterocycles. The Hall–Kier alpha value is -0.200. The first-order valence-corrected chi connectivity index (χ1v) is 8.06. The van der Waals surface area contributed by atoms with Crippen molar-refractivity contribution in [3.05, 3.63) is 24.3 Å². The van der Waals surface area contributed by atoms with Crippen molar-refractivity contribution in [2.75, 3.05) is 0 Å². The quantitative estimate of drug-likeness (QED) is 0.373. The fourth-order valence-electron chi connectivity index (χ4n) is 1.30. The molecule has 0 bridgehead atoms. The fourth-order valence-corrected chi connectivity index (χ4v) is 3.48. The smallest absolute Gasteiger partial charge is 0.716 e. The van der Waals surface area contributed by atoms with E-state index in [0.29, 0.717) is 10.1 Å². The fraction of sp³-hybridized carbons (Fsp3) is 0. The molecule has 98 valence electrons. The molecule has 0 amide bonds. The Balaban J connectivity index is 0.00000180. The third kappa shape index (κ3) is 4.39. The van der Waals surface area contributed by atoms with Crippen molar-refractivity contribution in [3.8, 4) is 5.75 Å². The molecule has 0 aliphatic carbocycles. The van der Waals surface area contributed by atoms with Gasteiger partial charge in [0.2, 0.25) is 10.0 Å². The van der Waals surface area contributed by atoms with Gasteiger partial charge in [-0.2, -0.15) is 0 Å². The molecule has 0 unspecified atom stereocenters. The summed E-state index contributed by atoms with van der Waals surface area (Å²) >= 11 is 0.855. The number of thiophene rings is 1. The van der Waals surface area contributed by atoms with Crippen molar-refractivity contribution >= 4 is 41.8 Å². The molecule has 2 aromatic rings. The van der Waals surface area contributed by atoms with Gasteiger partial charge in [-0.3, -0.25) is 0 Å². The van der Waals surface area contributed by atoms with Crippen molar-refractivity contribution in [1.29, 1.82) is 0 Å². The molecule has 19 heavy (non-hydrogen) atoms. The van der Waals surface area contributed by atoms with E-state index in [0.717, 1.165) is 11.3 Å². The van der Waals surface area contributed by atoms with Crippen molar-refractivity contribution in [3.63, 3.8) is 0 Å². The van der Waals surface area contributed by atoms with Crippen LogP contribution >= 0.6 is 11.3 Å². The minimum absolute atomic E-state index is 0. The number of sulfonamides is 1. The van der Waals surface area contributed by atoms with E-state index in [1.165, 1.54) is 24.3 Å². The van der Waals surface area contributed by atoms with Crippen LogP contribution in [0.5, 0.6) is 5.75 Å². The van der Waals surface area contributed by atoms with E-state index >= 15 is 0 Å². The molecular weight excluding hydrogens is 325 g/mol. The van der Waals surface area contributed by atoms with Crippen LogP contribution < -0.4 is 38.9 Å². The van der Waals surface area contributed by atoms with Gasteiger partial charge in [0.25, 0.3) is 10.4 Å². The molecule has 11 heteroatoms. The summed E-state index contributed by atoms with van der Waals surface area (Å²) in [7, 11) is -8.67. The first kappa shape index (κ1) is 16.9. The topological polar surface area (TPSA) is 127 Å². The molecule has 0 aliphatic rings. The normalized spacial score (nSPS) is 12.1. The number of fused-ring (bicyclic) bond motifs is 1. The molecule has 0 saturated heterocycles. The number of primary sulfonamides is 1. The summed E-state index contributed by atoms with van der Waals surface area (Å²) in [5, 5.41) is 5.52. The molecule has 0 fully saturated rings. The standard InChI is InChI=1S/C8H7NO6S3.Na/c9-17(10,11)8-3-5-1-2-6(4-7(5)16-8)15-18(12,13)14;/h1-4H,(H2,9,10,11)(H,12,13,14);/q;+1/p-1. The van der Waals surface area contributed by atoms with Gasteiger partial charge in [-0.05, 0) is 29.7 Å². The third-order valence-electron chi connectivity index (χ3n) is 1.95. The number of hydrogen-bond acceptors (Lipinski definition) is 7. The Morgan fingerprint density at radius 2 is 1.79 bits per heavy atom. The van der Waals surface area contributed by atoms with Gasteiger partial charge in [0, 0.05) is 4.70 Å². The van der Waals surface area contributed by atoms with Crippen molar-refractivity contribution < 1.29 is 55.1 Å². The van der Waals surface area contributed by atoms with Crippen LogP contribution in [0.15, 0.2) is 28.5 Å². The SMILES string of the molecule is NS(=O)(=O)c1cc2ccc(OS(=O)(=O)[O-])cc2s1.[Na+]. The zero-order chi connectivity index (χ0) is 13.6. The van der Waals surface area contributed by atoms with E-state index in [9.17, 15) is 21.4 Å². The second kappa shape index (κ2) is 5.66. The molecule has 1 aromatic heterocycles. The van der Waals surface area contributed by atoms with Gasteiger partial charge in [0.05, 0.1) is 0 Å². The second-order valence-electron chi connectivity index (χ2n) is 3.30. The summed E-state index contributed by atoms with van der Waals surface area (Å²) in [6.07, 6.45) is 0. The van der Waals surface area contributed by atoms with Gasteiger partial charge in [0.15, 0.2) is 0 Å². The third-order valence-corrected chi connectivity index (χ3v) is 4.86. The van der Waals surface area contributed by atoms with Gasteiger partial charge < -0.3 is 8.74 Å². The average molecular weight is 331 g/mol. The van der Waals surface area contributed by atoms with Crippen LogP contribution in [0.25, 0.3) is 10.1 Å². The van der Waals surface area contributed by atoms with E-state index < -0.39 is 20.4 Å². The molecule has 0 aliphatic heterocycles. The number of rotatable bonds is 3. The zero-order valence-electron chi connectivity index (χ0n) is 9.56.